The molecule has 1 aliphatic heterocycles. The first-order valence-corrected chi connectivity index (χ1v) is 12.8. The molecule has 0 saturated carbocycles. The van der Waals surface area contributed by atoms with Crippen LogP contribution < -0.4 is 20.3 Å². The molecule has 3 heterocycles. The SMILES string of the molecule is CC(=O)Nc1cc(Oc2ccc(NC(=O)C3C=[N+](C(C)C)C(=O)N(c4ccc(F)cc4)C3=O)cc2F)c2ccnn2c1. The number of fused-ring (bicyclic) bond motifs is 1. The van der Waals surface area contributed by atoms with E-state index < -0.39 is 41.4 Å². The van der Waals surface area contributed by atoms with E-state index in [1.807, 2.05) is 0 Å². The van der Waals surface area contributed by atoms with Gasteiger partial charge in [-0.25, -0.2) is 18.1 Å². The lowest BCUT2D eigenvalue weighted by Gasteiger charge is -2.24. The van der Waals surface area contributed by atoms with Crippen molar-refractivity contribution in [3.05, 3.63) is 78.6 Å². The second-order valence-corrected chi connectivity index (χ2v) is 9.73. The van der Waals surface area contributed by atoms with Crippen LogP contribution in [-0.2, 0) is 14.4 Å². The van der Waals surface area contributed by atoms with Gasteiger partial charge in [-0.15, -0.1) is 4.90 Å². The third-order valence-electron chi connectivity index (χ3n) is 6.34. The fraction of sp³-hybridized carbons (Fsp3) is 0.172. The quantitative estimate of drug-likeness (QED) is 0.246. The van der Waals surface area contributed by atoms with Crippen LogP contribution in [0.1, 0.15) is 20.8 Å². The van der Waals surface area contributed by atoms with Crippen molar-refractivity contribution < 1.29 is 37.3 Å². The number of imide groups is 1. The number of amides is 5. The van der Waals surface area contributed by atoms with Crippen molar-refractivity contribution in [2.45, 2.75) is 26.8 Å². The summed E-state index contributed by atoms with van der Waals surface area (Å²) >= 11 is 0. The Morgan fingerprint density at radius 3 is 2.38 bits per heavy atom. The van der Waals surface area contributed by atoms with E-state index in [0.717, 1.165) is 23.1 Å². The monoisotopic (exact) mass is 575 g/mol. The first kappa shape index (κ1) is 28.1. The highest BCUT2D eigenvalue weighted by Gasteiger charge is 2.48. The summed E-state index contributed by atoms with van der Waals surface area (Å²) in [5.74, 6) is -4.71. The number of urea groups is 1. The van der Waals surface area contributed by atoms with E-state index in [4.69, 9.17) is 4.74 Å². The van der Waals surface area contributed by atoms with Crippen molar-refractivity contribution in [2.24, 2.45) is 5.92 Å². The lowest BCUT2D eigenvalue weighted by molar-refractivity contribution is -0.459. The van der Waals surface area contributed by atoms with E-state index in [9.17, 15) is 23.6 Å². The largest absolute Gasteiger partial charge is 0.505 e. The Hall–Kier alpha value is -5.46. The van der Waals surface area contributed by atoms with Crippen molar-refractivity contribution in [3.8, 4) is 11.5 Å². The van der Waals surface area contributed by atoms with Gasteiger partial charge in [-0.05, 0) is 56.3 Å². The highest BCUT2D eigenvalue weighted by molar-refractivity contribution is 6.28. The van der Waals surface area contributed by atoms with Gasteiger partial charge in [0, 0.05) is 24.7 Å². The van der Waals surface area contributed by atoms with Gasteiger partial charge < -0.3 is 15.4 Å². The summed E-state index contributed by atoms with van der Waals surface area (Å²) in [6, 6.07) is 10.5. The maximum absolute atomic E-state index is 15.1. The molecule has 5 rings (SSSR count). The predicted molar refractivity (Wildman–Crippen MR) is 149 cm³/mol. The third-order valence-corrected chi connectivity index (χ3v) is 6.34. The second-order valence-electron chi connectivity index (χ2n) is 9.73. The van der Waals surface area contributed by atoms with Crippen LogP contribution in [0.4, 0.5) is 30.6 Å². The normalized spacial score (nSPS) is 15.1. The van der Waals surface area contributed by atoms with Gasteiger partial charge in [0.05, 0.1) is 30.3 Å². The van der Waals surface area contributed by atoms with Crippen LogP contribution in [0.3, 0.4) is 0 Å². The van der Waals surface area contributed by atoms with Gasteiger partial charge in [0.1, 0.15) is 17.0 Å². The molecular formula is C29H25F2N6O5+. The van der Waals surface area contributed by atoms with Crippen LogP contribution in [0.2, 0.25) is 0 Å². The van der Waals surface area contributed by atoms with Crippen LogP contribution in [0, 0.1) is 17.6 Å². The first-order valence-electron chi connectivity index (χ1n) is 12.8. The molecule has 214 valence electrons. The number of carbonyl (C=O) groups excluding carboxylic acids is 4. The Bertz CT molecular complexity index is 1770. The zero-order valence-corrected chi connectivity index (χ0v) is 22.7. The van der Waals surface area contributed by atoms with Crippen LogP contribution in [0.5, 0.6) is 11.5 Å². The molecule has 2 aromatic heterocycles. The highest BCUT2D eigenvalue weighted by atomic mass is 19.1. The van der Waals surface area contributed by atoms with Gasteiger partial charge in [0.25, 0.3) is 0 Å². The zero-order chi connectivity index (χ0) is 30.1. The molecule has 0 spiro atoms. The fourth-order valence-corrected chi connectivity index (χ4v) is 4.39. The number of halogens is 2. The van der Waals surface area contributed by atoms with E-state index >= 15 is 4.39 Å². The number of anilines is 3. The summed E-state index contributed by atoms with van der Waals surface area (Å²) in [4.78, 5) is 51.9. The molecule has 2 N–H and O–H groups in total. The highest BCUT2D eigenvalue weighted by Crippen LogP contribution is 2.32. The summed E-state index contributed by atoms with van der Waals surface area (Å²) in [6.45, 7) is 4.76. The molecule has 0 bridgehead atoms. The summed E-state index contributed by atoms with van der Waals surface area (Å²) in [7, 11) is 0. The molecule has 1 unspecified atom stereocenters. The van der Waals surface area contributed by atoms with Gasteiger partial charge in [-0.1, -0.05) is 0 Å². The average molecular weight is 576 g/mol. The summed E-state index contributed by atoms with van der Waals surface area (Å²) in [5, 5.41) is 9.27. The number of carbonyl (C=O) groups is 4. The van der Waals surface area contributed by atoms with Crippen molar-refractivity contribution >= 4 is 52.5 Å². The predicted octanol–water partition coefficient (Wildman–Crippen LogP) is 4.58. The van der Waals surface area contributed by atoms with E-state index in [1.54, 1.807) is 26.1 Å². The second kappa shape index (κ2) is 11.2. The van der Waals surface area contributed by atoms with Gasteiger partial charge in [-0.3, -0.25) is 9.59 Å². The number of hydrogen-bond acceptors (Lipinski definition) is 6. The Morgan fingerprint density at radius 2 is 1.71 bits per heavy atom. The van der Waals surface area contributed by atoms with Gasteiger partial charge in [0.2, 0.25) is 11.8 Å². The molecule has 42 heavy (non-hydrogen) atoms. The van der Waals surface area contributed by atoms with Gasteiger partial charge in [0.15, 0.2) is 23.2 Å². The number of nitrogens with one attached hydrogen (secondary N) is 2. The fourth-order valence-electron chi connectivity index (χ4n) is 4.39. The number of ether oxygens (including phenoxy) is 1. The molecule has 0 fully saturated rings. The Morgan fingerprint density at radius 1 is 0.976 bits per heavy atom. The van der Waals surface area contributed by atoms with E-state index in [2.05, 4.69) is 15.7 Å². The van der Waals surface area contributed by atoms with E-state index in [-0.39, 0.29) is 28.8 Å². The van der Waals surface area contributed by atoms with Crippen LogP contribution in [-0.4, -0.2) is 50.2 Å². The molecular weight excluding hydrogens is 550 g/mol. The molecule has 0 saturated heterocycles. The molecule has 11 nitrogen and oxygen atoms in total. The third kappa shape index (κ3) is 5.57. The van der Waals surface area contributed by atoms with Crippen LogP contribution >= 0.6 is 0 Å². The number of nitrogens with zero attached hydrogens (tertiary/aromatic N) is 4. The minimum absolute atomic E-state index is 0.0360. The van der Waals surface area contributed by atoms with Crippen LogP contribution in [0.25, 0.3) is 5.52 Å². The number of benzene rings is 2. The zero-order valence-electron chi connectivity index (χ0n) is 22.7. The van der Waals surface area contributed by atoms with Crippen LogP contribution in [0.15, 0.2) is 67.0 Å². The standard InChI is InChI=1S/C29H24F2N6O5/c1-16(2)35-15-22(28(40)37(29(35)41)21-7-4-18(30)5-8-21)27(39)34-19-6-9-25(23(31)12-19)42-26-13-20(33-17(3)38)14-36-24(26)10-11-32-36/h4-16,22H,1-3H3,(H-,33,34,38,39)/p+1. The first-order chi connectivity index (χ1) is 20.0. The number of hydrogen-bond donors (Lipinski definition) is 2. The Kier molecular flexibility index (Phi) is 7.49. The summed E-state index contributed by atoms with van der Waals surface area (Å²) < 4.78 is 37.1. The van der Waals surface area contributed by atoms with E-state index in [0.29, 0.717) is 11.2 Å². The molecule has 2 aromatic carbocycles. The van der Waals surface area contributed by atoms with Gasteiger partial charge >= 0.3 is 11.9 Å². The maximum atomic E-state index is 15.1. The van der Waals surface area contributed by atoms with Crippen molar-refractivity contribution in [1.82, 2.24) is 9.61 Å². The van der Waals surface area contributed by atoms with Crippen molar-refractivity contribution in [2.75, 3.05) is 15.5 Å². The minimum atomic E-state index is -1.43. The van der Waals surface area contributed by atoms with Crippen molar-refractivity contribution in [3.63, 3.8) is 0 Å². The molecule has 1 atom stereocenters. The Labute approximate surface area is 238 Å². The molecule has 0 radical (unpaired) electrons. The van der Waals surface area contributed by atoms with Gasteiger partial charge in [-0.2, -0.15) is 14.5 Å². The number of pyridine rings is 1. The van der Waals surface area contributed by atoms with E-state index in [1.165, 1.54) is 58.8 Å². The lowest BCUT2D eigenvalue weighted by atomic mass is 10.0. The summed E-state index contributed by atoms with van der Waals surface area (Å²) in [5.41, 5.74) is 1.04. The molecule has 1 aliphatic rings. The van der Waals surface area contributed by atoms with Crippen molar-refractivity contribution in [1.29, 1.82) is 0 Å². The molecule has 5 amide bonds. The minimum Gasteiger partial charge on any atom is -0.452 e. The summed E-state index contributed by atoms with van der Waals surface area (Å²) in [6.07, 6.45) is 4.31. The molecule has 4 aromatic rings. The molecule has 0 aliphatic carbocycles. The lowest BCUT2D eigenvalue weighted by Crippen LogP contribution is -2.55. The smallest absolute Gasteiger partial charge is 0.452 e. The maximum Gasteiger partial charge on any atom is 0.505 e. The number of aromatic nitrogens is 2. The molecule has 13 heteroatoms. The number of rotatable bonds is 7. The average Bonchev–Trinajstić information content (AvgIpc) is 3.40. The topological polar surface area (TPSA) is 125 Å². The Balaban J connectivity index is 1.38.